The molecule has 0 amide bonds. The number of benzene rings is 5. The second-order valence-corrected chi connectivity index (χ2v) is 9.87. The summed E-state index contributed by atoms with van der Waals surface area (Å²) < 4.78 is 0. The Kier molecular flexibility index (Phi) is 6.48. The van der Waals surface area contributed by atoms with E-state index in [4.69, 9.17) is 19.9 Å². The molecule has 0 aliphatic rings. The maximum atomic E-state index is 9.34. The van der Waals surface area contributed by atoms with Gasteiger partial charge in [-0.15, -0.1) is 0 Å². The minimum Gasteiger partial charge on any atom is -0.244 e. The molecule has 0 radical (unpaired) electrons. The molecule has 7 aromatic rings. The van der Waals surface area contributed by atoms with Crippen LogP contribution in [0.3, 0.4) is 0 Å². The normalized spacial score (nSPS) is 10.8. The van der Waals surface area contributed by atoms with Gasteiger partial charge in [0.15, 0.2) is 5.82 Å². The van der Waals surface area contributed by atoms with Crippen molar-refractivity contribution in [1.82, 2.24) is 19.9 Å². The molecule has 2 heterocycles. The van der Waals surface area contributed by atoms with Gasteiger partial charge in [-0.3, -0.25) is 0 Å². The minimum atomic E-state index is 0.587. The summed E-state index contributed by atoms with van der Waals surface area (Å²) in [6, 6.07) is 48.1. The zero-order valence-electron chi connectivity index (χ0n) is 22.5. The van der Waals surface area contributed by atoms with Gasteiger partial charge < -0.3 is 0 Å². The zero-order valence-corrected chi connectivity index (χ0v) is 22.5. The van der Waals surface area contributed by atoms with Gasteiger partial charge in [0, 0.05) is 16.7 Å². The third kappa shape index (κ3) is 4.90. The van der Waals surface area contributed by atoms with Crippen molar-refractivity contribution < 1.29 is 0 Å². The zero-order chi connectivity index (χ0) is 28.3. The standard InChI is InChI=1S/C37H23N5/c38-24-25-15-17-29(18-16-25)35-36(40-32-14-8-7-13-31(32)39-35)34-23-33(41-37(42-34)30-11-5-2-6-12-30)28-21-19-27(20-22-28)26-9-3-1-4-10-26/h1-23H. The van der Waals surface area contributed by atoms with E-state index in [1.165, 1.54) is 0 Å². The highest BCUT2D eigenvalue weighted by Gasteiger charge is 2.18. The number of aromatic nitrogens is 4. The fourth-order valence-electron chi connectivity index (χ4n) is 4.98. The van der Waals surface area contributed by atoms with E-state index in [1.807, 2.05) is 91.0 Å². The summed E-state index contributed by atoms with van der Waals surface area (Å²) in [7, 11) is 0. The van der Waals surface area contributed by atoms with E-state index in [0.29, 0.717) is 28.5 Å². The smallest absolute Gasteiger partial charge is 0.160 e. The van der Waals surface area contributed by atoms with Gasteiger partial charge >= 0.3 is 0 Å². The van der Waals surface area contributed by atoms with Gasteiger partial charge in [-0.1, -0.05) is 109 Å². The molecule has 0 spiro atoms. The maximum Gasteiger partial charge on any atom is 0.160 e. The number of fused-ring (bicyclic) bond motifs is 1. The Morgan fingerprint density at radius 2 is 0.905 bits per heavy atom. The molecule has 0 saturated heterocycles. The van der Waals surface area contributed by atoms with Crippen molar-refractivity contribution in [3.05, 3.63) is 145 Å². The minimum absolute atomic E-state index is 0.587. The average Bonchev–Trinajstić information content (AvgIpc) is 3.08. The highest BCUT2D eigenvalue weighted by atomic mass is 14.9. The van der Waals surface area contributed by atoms with Crippen molar-refractivity contribution in [3.63, 3.8) is 0 Å². The first-order valence-electron chi connectivity index (χ1n) is 13.6. The van der Waals surface area contributed by atoms with E-state index in [1.54, 1.807) is 12.1 Å². The lowest BCUT2D eigenvalue weighted by atomic mass is 10.0. The van der Waals surface area contributed by atoms with Gasteiger partial charge in [0.25, 0.3) is 0 Å². The Balaban J connectivity index is 1.43. The summed E-state index contributed by atoms with van der Waals surface area (Å²) >= 11 is 0. The third-order valence-electron chi connectivity index (χ3n) is 7.15. The number of rotatable bonds is 5. The van der Waals surface area contributed by atoms with Crippen LogP contribution in [0.1, 0.15) is 5.56 Å². The quantitative estimate of drug-likeness (QED) is 0.220. The van der Waals surface area contributed by atoms with E-state index >= 15 is 0 Å². The molecule has 0 aliphatic heterocycles. The molecule has 0 aliphatic carbocycles. The molecule has 42 heavy (non-hydrogen) atoms. The van der Waals surface area contributed by atoms with Crippen LogP contribution < -0.4 is 0 Å². The second-order valence-electron chi connectivity index (χ2n) is 9.87. The average molecular weight is 538 g/mol. The van der Waals surface area contributed by atoms with Crippen molar-refractivity contribution in [3.8, 4) is 62.5 Å². The summed E-state index contributed by atoms with van der Waals surface area (Å²) in [4.78, 5) is 20.1. The Labute approximate surface area is 243 Å². The van der Waals surface area contributed by atoms with Crippen LogP contribution in [0.25, 0.3) is 67.5 Å². The molecule has 0 bridgehead atoms. The van der Waals surface area contributed by atoms with E-state index in [0.717, 1.165) is 44.5 Å². The molecule has 5 heteroatoms. The Hall–Kier alpha value is -5.99. The second kappa shape index (κ2) is 10.9. The van der Waals surface area contributed by atoms with Crippen LogP contribution in [0.5, 0.6) is 0 Å². The molecular formula is C37H23N5. The first-order chi connectivity index (χ1) is 20.7. The van der Waals surface area contributed by atoms with Crippen LogP contribution >= 0.6 is 0 Å². The predicted octanol–water partition coefficient (Wildman–Crippen LogP) is 8.63. The highest BCUT2D eigenvalue weighted by molar-refractivity contribution is 5.86. The predicted molar refractivity (Wildman–Crippen MR) is 167 cm³/mol. The number of hydrogen-bond acceptors (Lipinski definition) is 5. The van der Waals surface area contributed by atoms with Crippen LogP contribution in [0.2, 0.25) is 0 Å². The lowest BCUT2D eigenvalue weighted by molar-refractivity contribution is 1.16. The van der Waals surface area contributed by atoms with Crippen LogP contribution in [-0.2, 0) is 0 Å². The number of nitriles is 1. The molecule has 0 fully saturated rings. The van der Waals surface area contributed by atoms with Gasteiger partial charge in [-0.2, -0.15) is 5.26 Å². The van der Waals surface area contributed by atoms with Crippen molar-refractivity contribution in [2.45, 2.75) is 0 Å². The molecule has 0 unspecified atom stereocenters. The van der Waals surface area contributed by atoms with Crippen LogP contribution in [0.15, 0.2) is 140 Å². The Bertz CT molecular complexity index is 2060. The van der Waals surface area contributed by atoms with Crippen molar-refractivity contribution >= 4 is 11.0 Å². The van der Waals surface area contributed by atoms with Gasteiger partial charge in [-0.05, 0) is 41.5 Å². The Morgan fingerprint density at radius 3 is 1.55 bits per heavy atom. The highest BCUT2D eigenvalue weighted by Crippen LogP contribution is 2.34. The molecule has 0 atom stereocenters. The van der Waals surface area contributed by atoms with Gasteiger partial charge in [-0.25, -0.2) is 19.9 Å². The van der Waals surface area contributed by atoms with E-state index < -0.39 is 0 Å². The summed E-state index contributed by atoms with van der Waals surface area (Å²) in [6.07, 6.45) is 0. The van der Waals surface area contributed by atoms with Crippen molar-refractivity contribution in [2.24, 2.45) is 0 Å². The van der Waals surface area contributed by atoms with Gasteiger partial charge in [0.05, 0.1) is 39.7 Å². The first kappa shape index (κ1) is 25.0. The molecule has 0 saturated carbocycles. The van der Waals surface area contributed by atoms with E-state index in [2.05, 4.69) is 42.5 Å². The first-order valence-corrected chi connectivity index (χ1v) is 13.6. The summed E-state index contributed by atoms with van der Waals surface area (Å²) in [6.45, 7) is 0. The summed E-state index contributed by atoms with van der Waals surface area (Å²) in [5.41, 5.74) is 10.0. The number of para-hydroxylation sites is 2. The van der Waals surface area contributed by atoms with Crippen molar-refractivity contribution in [1.29, 1.82) is 5.26 Å². The SMILES string of the molecule is N#Cc1ccc(-c2nc3ccccc3nc2-c2cc(-c3ccc(-c4ccccc4)cc3)nc(-c3ccccc3)n2)cc1. The molecule has 7 rings (SSSR count). The third-order valence-corrected chi connectivity index (χ3v) is 7.15. The van der Waals surface area contributed by atoms with Gasteiger partial charge in [0.1, 0.15) is 5.69 Å². The lowest BCUT2D eigenvalue weighted by Gasteiger charge is -2.13. The summed E-state index contributed by atoms with van der Waals surface area (Å²) in [5.74, 6) is 0.607. The van der Waals surface area contributed by atoms with Crippen LogP contribution in [0, 0.1) is 11.3 Å². The molecule has 5 aromatic carbocycles. The van der Waals surface area contributed by atoms with Crippen molar-refractivity contribution in [2.75, 3.05) is 0 Å². The fraction of sp³-hybridized carbons (Fsp3) is 0. The fourth-order valence-corrected chi connectivity index (χ4v) is 4.98. The molecular weight excluding hydrogens is 514 g/mol. The van der Waals surface area contributed by atoms with E-state index in [9.17, 15) is 5.26 Å². The van der Waals surface area contributed by atoms with E-state index in [-0.39, 0.29) is 0 Å². The molecule has 2 aromatic heterocycles. The largest absolute Gasteiger partial charge is 0.244 e. The maximum absolute atomic E-state index is 9.34. The van der Waals surface area contributed by atoms with Crippen LogP contribution in [-0.4, -0.2) is 19.9 Å². The summed E-state index contributed by atoms with van der Waals surface area (Å²) in [5, 5.41) is 9.34. The lowest BCUT2D eigenvalue weighted by Crippen LogP contribution is -2.00. The Morgan fingerprint density at radius 1 is 0.405 bits per heavy atom. The van der Waals surface area contributed by atoms with Gasteiger partial charge in [0.2, 0.25) is 0 Å². The number of hydrogen-bond donors (Lipinski definition) is 0. The number of nitrogens with zero attached hydrogens (tertiary/aromatic N) is 5. The molecule has 0 N–H and O–H groups in total. The molecule has 5 nitrogen and oxygen atoms in total. The monoisotopic (exact) mass is 537 g/mol. The van der Waals surface area contributed by atoms with Crippen LogP contribution in [0.4, 0.5) is 0 Å². The molecule has 196 valence electrons. The topological polar surface area (TPSA) is 75.3 Å².